The standard InChI is InChI=1S/C16H13ClN4S/c17-11-5-4-6-12(9-11)21-15-14(18)16(20-10-19-15)22-13-7-2-1-3-8-13/h1-10H,18H2,(H,19,20,21). The second-order valence-electron chi connectivity index (χ2n) is 4.49. The first-order valence-electron chi connectivity index (χ1n) is 6.58. The Bertz CT molecular complexity index is 780. The predicted molar refractivity (Wildman–Crippen MR) is 91.7 cm³/mol. The van der Waals surface area contributed by atoms with Crippen molar-refractivity contribution in [2.45, 2.75) is 9.92 Å². The van der Waals surface area contributed by atoms with E-state index in [9.17, 15) is 0 Å². The Kier molecular flexibility index (Phi) is 4.46. The molecule has 3 N–H and O–H groups in total. The van der Waals surface area contributed by atoms with Crippen molar-refractivity contribution in [1.82, 2.24) is 9.97 Å². The zero-order chi connectivity index (χ0) is 15.4. The lowest BCUT2D eigenvalue weighted by molar-refractivity contribution is 1.06. The molecule has 2 aromatic carbocycles. The Labute approximate surface area is 137 Å². The molecule has 0 radical (unpaired) electrons. The molecule has 0 saturated carbocycles. The summed E-state index contributed by atoms with van der Waals surface area (Å²) in [5.41, 5.74) is 7.51. The van der Waals surface area contributed by atoms with Crippen LogP contribution in [0.15, 0.2) is 70.8 Å². The molecule has 0 aliphatic heterocycles. The normalized spacial score (nSPS) is 10.4. The van der Waals surface area contributed by atoms with Gasteiger partial charge < -0.3 is 11.1 Å². The molecule has 1 heterocycles. The number of nitrogens with two attached hydrogens (primary N) is 1. The van der Waals surface area contributed by atoms with Gasteiger partial charge in [-0.25, -0.2) is 9.97 Å². The van der Waals surface area contributed by atoms with E-state index in [-0.39, 0.29) is 0 Å². The topological polar surface area (TPSA) is 63.8 Å². The highest BCUT2D eigenvalue weighted by Gasteiger charge is 2.10. The quantitative estimate of drug-likeness (QED) is 0.685. The fraction of sp³-hybridized carbons (Fsp3) is 0. The van der Waals surface area contributed by atoms with Gasteiger partial charge in [-0.2, -0.15) is 0 Å². The minimum atomic E-state index is 0.510. The Morgan fingerprint density at radius 1 is 1.00 bits per heavy atom. The molecule has 0 aliphatic rings. The monoisotopic (exact) mass is 328 g/mol. The third-order valence-corrected chi connectivity index (χ3v) is 4.15. The zero-order valence-corrected chi connectivity index (χ0v) is 13.1. The lowest BCUT2D eigenvalue weighted by atomic mass is 10.3. The number of aromatic nitrogens is 2. The molecule has 3 rings (SSSR count). The Morgan fingerprint density at radius 2 is 1.82 bits per heavy atom. The minimum absolute atomic E-state index is 0.510. The van der Waals surface area contributed by atoms with Gasteiger partial charge >= 0.3 is 0 Å². The van der Waals surface area contributed by atoms with Gasteiger partial charge in [0.25, 0.3) is 0 Å². The van der Waals surface area contributed by atoms with Crippen molar-refractivity contribution in [2.24, 2.45) is 0 Å². The minimum Gasteiger partial charge on any atom is -0.394 e. The third kappa shape index (κ3) is 3.50. The summed E-state index contributed by atoms with van der Waals surface area (Å²) in [4.78, 5) is 9.53. The molecular weight excluding hydrogens is 316 g/mol. The van der Waals surface area contributed by atoms with E-state index in [2.05, 4.69) is 15.3 Å². The van der Waals surface area contributed by atoms with E-state index in [1.54, 1.807) is 0 Å². The van der Waals surface area contributed by atoms with Crippen molar-refractivity contribution in [3.05, 3.63) is 65.9 Å². The first-order valence-corrected chi connectivity index (χ1v) is 7.78. The Balaban J connectivity index is 1.86. The van der Waals surface area contributed by atoms with Gasteiger partial charge in [0.15, 0.2) is 5.82 Å². The molecule has 3 aromatic rings. The van der Waals surface area contributed by atoms with Crippen molar-refractivity contribution in [2.75, 3.05) is 11.1 Å². The molecule has 0 fully saturated rings. The molecule has 0 aliphatic carbocycles. The molecule has 0 unspecified atom stereocenters. The van der Waals surface area contributed by atoms with E-state index in [0.717, 1.165) is 10.6 Å². The predicted octanol–water partition coefficient (Wildman–Crippen LogP) is 4.61. The molecule has 0 bridgehead atoms. The van der Waals surface area contributed by atoms with E-state index in [1.165, 1.54) is 18.1 Å². The molecule has 110 valence electrons. The third-order valence-electron chi connectivity index (χ3n) is 2.89. The number of hydrogen-bond donors (Lipinski definition) is 2. The molecular formula is C16H13ClN4S. The number of hydrogen-bond acceptors (Lipinski definition) is 5. The molecule has 0 amide bonds. The van der Waals surface area contributed by atoms with Gasteiger partial charge in [0.2, 0.25) is 0 Å². The van der Waals surface area contributed by atoms with E-state index in [0.29, 0.717) is 21.6 Å². The fourth-order valence-corrected chi connectivity index (χ4v) is 2.88. The largest absolute Gasteiger partial charge is 0.394 e. The number of nitrogen functional groups attached to an aromatic ring is 1. The van der Waals surface area contributed by atoms with Crippen molar-refractivity contribution in [3.63, 3.8) is 0 Å². The maximum atomic E-state index is 6.18. The molecule has 1 aromatic heterocycles. The van der Waals surface area contributed by atoms with E-state index < -0.39 is 0 Å². The maximum Gasteiger partial charge on any atom is 0.158 e. The first kappa shape index (κ1) is 14.7. The summed E-state index contributed by atoms with van der Waals surface area (Å²) in [6.07, 6.45) is 1.49. The van der Waals surface area contributed by atoms with Gasteiger partial charge in [-0.1, -0.05) is 47.6 Å². The molecule has 4 nitrogen and oxygen atoms in total. The van der Waals surface area contributed by atoms with Crippen LogP contribution in [0.5, 0.6) is 0 Å². The van der Waals surface area contributed by atoms with Gasteiger partial charge in [-0.15, -0.1) is 0 Å². The highest BCUT2D eigenvalue weighted by Crippen LogP contribution is 2.33. The van der Waals surface area contributed by atoms with Gasteiger partial charge in [-0.05, 0) is 30.3 Å². The van der Waals surface area contributed by atoms with Crippen molar-refractivity contribution >= 4 is 40.6 Å². The number of nitrogens with one attached hydrogen (secondary N) is 1. The summed E-state index contributed by atoms with van der Waals surface area (Å²) in [5.74, 6) is 0.565. The average molecular weight is 329 g/mol. The fourth-order valence-electron chi connectivity index (χ4n) is 1.86. The van der Waals surface area contributed by atoms with Gasteiger partial charge in [0.1, 0.15) is 17.0 Å². The zero-order valence-electron chi connectivity index (χ0n) is 11.5. The van der Waals surface area contributed by atoms with Crippen LogP contribution in [0.4, 0.5) is 17.2 Å². The molecule has 0 atom stereocenters. The van der Waals surface area contributed by atoms with Crippen LogP contribution in [0.3, 0.4) is 0 Å². The van der Waals surface area contributed by atoms with Crippen molar-refractivity contribution in [1.29, 1.82) is 0 Å². The average Bonchev–Trinajstić information content (AvgIpc) is 2.52. The van der Waals surface area contributed by atoms with Gasteiger partial charge in [0, 0.05) is 15.6 Å². The van der Waals surface area contributed by atoms with Gasteiger partial charge in [0.05, 0.1) is 0 Å². The summed E-state index contributed by atoms with van der Waals surface area (Å²) in [6.45, 7) is 0. The highest BCUT2D eigenvalue weighted by molar-refractivity contribution is 7.99. The Morgan fingerprint density at radius 3 is 2.59 bits per heavy atom. The summed E-state index contributed by atoms with van der Waals surface area (Å²) in [6, 6.07) is 17.3. The maximum absolute atomic E-state index is 6.18. The molecule has 0 spiro atoms. The van der Waals surface area contributed by atoms with Gasteiger partial charge in [-0.3, -0.25) is 0 Å². The van der Waals surface area contributed by atoms with Crippen LogP contribution in [-0.4, -0.2) is 9.97 Å². The summed E-state index contributed by atoms with van der Waals surface area (Å²) < 4.78 is 0. The Hall–Kier alpha value is -2.24. The smallest absolute Gasteiger partial charge is 0.158 e. The van der Waals surface area contributed by atoms with E-state index in [4.69, 9.17) is 17.3 Å². The van der Waals surface area contributed by atoms with Crippen LogP contribution >= 0.6 is 23.4 Å². The number of benzene rings is 2. The summed E-state index contributed by atoms with van der Waals surface area (Å²) in [7, 11) is 0. The number of nitrogens with zero attached hydrogens (tertiary/aromatic N) is 2. The van der Waals surface area contributed by atoms with Crippen LogP contribution in [0, 0.1) is 0 Å². The first-order chi connectivity index (χ1) is 10.7. The lowest BCUT2D eigenvalue weighted by Gasteiger charge is -2.11. The van der Waals surface area contributed by atoms with Crippen LogP contribution in [0.25, 0.3) is 0 Å². The number of anilines is 3. The second kappa shape index (κ2) is 6.68. The molecule has 22 heavy (non-hydrogen) atoms. The highest BCUT2D eigenvalue weighted by atomic mass is 35.5. The van der Waals surface area contributed by atoms with Crippen LogP contribution in [0.1, 0.15) is 0 Å². The lowest BCUT2D eigenvalue weighted by Crippen LogP contribution is -2.02. The van der Waals surface area contributed by atoms with Crippen molar-refractivity contribution < 1.29 is 0 Å². The van der Waals surface area contributed by atoms with Crippen LogP contribution < -0.4 is 11.1 Å². The van der Waals surface area contributed by atoms with E-state index >= 15 is 0 Å². The summed E-state index contributed by atoms with van der Waals surface area (Å²) in [5, 5.41) is 4.53. The SMILES string of the molecule is Nc1c(Nc2cccc(Cl)c2)ncnc1Sc1ccccc1. The van der Waals surface area contributed by atoms with E-state index in [1.807, 2.05) is 54.6 Å². The summed E-state index contributed by atoms with van der Waals surface area (Å²) >= 11 is 7.48. The molecule has 6 heteroatoms. The van der Waals surface area contributed by atoms with Crippen LogP contribution in [0.2, 0.25) is 5.02 Å². The van der Waals surface area contributed by atoms with Crippen molar-refractivity contribution in [3.8, 4) is 0 Å². The molecule has 0 saturated heterocycles. The number of rotatable bonds is 4. The van der Waals surface area contributed by atoms with Crippen LogP contribution in [-0.2, 0) is 0 Å². The number of halogens is 1. The second-order valence-corrected chi connectivity index (χ2v) is 5.99.